The molecule has 0 saturated heterocycles. The third-order valence-corrected chi connectivity index (χ3v) is 2.93. The van der Waals surface area contributed by atoms with Crippen molar-refractivity contribution in [1.82, 2.24) is 0 Å². The van der Waals surface area contributed by atoms with Crippen molar-refractivity contribution in [2.24, 2.45) is 0 Å². The molecule has 2 aromatic carbocycles. The zero-order chi connectivity index (χ0) is 14.5. The lowest BCUT2D eigenvalue weighted by Gasteiger charge is -2.11. The zero-order valence-electron chi connectivity index (χ0n) is 11.5. The molecule has 0 fully saturated rings. The van der Waals surface area contributed by atoms with Crippen LogP contribution in [0.15, 0.2) is 48.5 Å². The van der Waals surface area contributed by atoms with Crippen molar-refractivity contribution in [3.63, 3.8) is 0 Å². The molecule has 0 radical (unpaired) electrons. The largest absolute Gasteiger partial charge is 0.478 e. The summed E-state index contributed by atoms with van der Waals surface area (Å²) in [5.74, 6) is 0.638. The highest BCUT2D eigenvalue weighted by Crippen LogP contribution is 2.28. The van der Waals surface area contributed by atoms with Crippen LogP contribution in [-0.4, -0.2) is 11.1 Å². The lowest BCUT2D eigenvalue weighted by molar-refractivity contribution is -0.131. The van der Waals surface area contributed by atoms with E-state index in [0.29, 0.717) is 0 Å². The molecule has 0 saturated carbocycles. The molecule has 0 aliphatic rings. The van der Waals surface area contributed by atoms with Crippen molar-refractivity contribution >= 4 is 12.0 Å². The molecule has 0 atom stereocenters. The predicted octanol–water partition coefficient (Wildman–Crippen LogP) is 4.19. The molecule has 0 heterocycles. The topological polar surface area (TPSA) is 46.5 Å². The molecule has 0 aliphatic heterocycles. The maximum Gasteiger partial charge on any atom is 0.328 e. The molecule has 0 aromatic heterocycles. The van der Waals surface area contributed by atoms with E-state index in [1.54, 1.807) is 6.08 Å². The number of para-hydroxylation sites is 1. The second-order valence-corrected chi connectivity index (χ2v) is 4.56. The number of carbonyl (C=O) groups is 1. The highest BCUT2D eigenvalue weighted by Gasteiger charge is 2.04. The quantitative estimate of drug-likeness (QED) is 0.845. The Kier molecular flexibility index (Phi) is 4.20. The van der Waals surface area contributed by atoms with Gasteiger partial charge in [-0.25, -0.2) is 4.79 Å². The van der Waals surface area contributed by atoms with Crippen molar-refractivity contribution in [2.75, 3.05) is 0 Å². The number of benzene rings is 2. The fraction of sp³-hybridized carbons (Fsp3) is 0.118. The number of carboxylic acid groups (broad SMARTS) is 1. The first-order valence-electron chi connectivity index (χ1n) is 6.31. The average molecular weight is 268 g/mol. The number of carboxylic acids is 1. The third-order valence-electron chi connectivity index (χ3n) is 2.93. The smallest absolute Gasteiger partial charge is 0.328 e. The van der Waals surface area contributed by atoms with Crippen LogP contribution in [0.1, 0.15) is 16.7 Å². The fourth-order valence-electron chi connectivity index (χ4n) is 1.85. The SMILES string of the molecule is Cc1ccccc1Oc1ccc(C=CC(=O)O)cc1C. The van der Waals surface area contributed by atoms with Crippen molar-refractivity contribution in [2.45, 2.75) is 13.8 Å². The maximum absolute atomic E-state index is 10.5. The Morgan fingerprint density at radius 3 is 2.40 bits per heavy atom. The van der Waals surface area contributed by atoms with Gasteiger partial charge in [-0.3, -0.25) is 0 Å². The Bertz CT molecular complexity index is 657. The van der Waals surface area contributed by atoms with Crippen LogP contribution in [0, 0.1) is 13.8 Å². The number of rotatable bonds is 4. The molecule has 0 unspecified atom stereocenters. The molecule has 0 bridgehead atoms. The summed E-state index contributed by atoms with van der Waals surface area (Å²) in [6, 6.07) is 13.4. The summed E-state index contributed by atoms with van der Waals surface area (Å²) in [6.45, 7) is 3.93. The van der Waals surface area contributed by atoms with Gasteiger partial charge in [0.25, 0.3) is 0 Å². The van der Waals surface area contributed by atoms with E-state index in [1.165, 1.54) is 0 Å². The van der Waals surface area contributed by atoms with E-state index in [4.69, 9.17) is 9.84 Å². The molecule has 1 N–H and O–H groups in total. The molecule has 102 valence electrons. The normalized spacial score (nSPS) is 10.7. The van der Waals surface area contributed by atoms with Gasteiger partial charge in [-0.2, -0.15) is 0 Å². The van der Waals surface area contributed by atoms with Crippen LogP contribution in [-0.2, 0) is 4.79 Å². The molecular formula is C17H16O3. The summed E-state index contributed by atoms with van der Waals surface area (Å²) in [5, 5.41) is 8.61. The first-order valence-corrected chi connectivity index (χ1v) is 6.31. The van der Waals surface area contributed by atoms with Gasteiger partial charge in [-0.05, 0) is 54.8 Å². The van der Waals surface area contributed by atoms with Gasteiger partial charge in [0.15, 0.2) is 0 Å². The minimum atomic E-state index is -0.956. The molecule has 2 aromatic rings. The Morgan fingerprint density at radius 2 is 1.75 bits per heavy atom. The number of ether oxygens (including phenoxy) is 1. The summed E-state index contributed by atoms with van der Waals surface area (Å²) >= 11 is 0. The molecule has 20 heavy (non-hydrogen) atoms. The van der Waals surface area contributed by atoms with Gasteiger partial charge in [0, 0.05) is 6.08 Å². The van der Waals surface area contributed by atoms with Gasteiger partial charge in [0.2, 0.25) is 0 Å². The summed E-state index contributed by atoms with van der Waals surface area (Å²) in [6.07, 6.45) is 2.68. The predicted molar refractivity (Wildman–Crippen MR) is 79.1 cm³/mol. The van der Waals surface area contributed by atoms with Gasteiger partial charge < -0.3 is 9.84 Å². The second-order valence-electron chi connectivity index (χ2n) is 4.56. The summed E-state index contributed by atoms with van der Waals surface area (Å²) in [5.41, 5.74) is 2.87. The fourth-order valence-corrected chi connectivity index (χ4v) is 1.85. The van der Waals surface area contributed by atoms with Crippen LogP contribution in [0.2, 0.25) is 0 Å². The highest BCUT2D eigenvalue weighted by molar-refractivity contribution is 5.85. The average Bonchev–Trinajstić information content (AvgIpc) is 2.41. The van der Waals surface area contributed by atoms with E-state index in [1.807, 2.05) is 56.3 Å². The van der Waals surface area contributed by atoms with E-state index in [2.05, 4.69) is 0 Å². The Morgan fingerprint density at radius 1 is 1.05 bits per heavy atom. The van der Waals surface area contributed by atoms with E-state index < -0.39 is 5.97 Å². The van der Waals surface area contributed by atoms with Crippen molar-refractivity contribution in [1.29, 1.82) is 0 Å². The van der Waals surface area contributed by atoms with Crippen LogP contribution < -0.4 is 4.74 Å². The third kappa shape index (κ3) is 3.48. The first kappa shape index (κ1) is 13.9. The molecule has 3 heteroatoms. The highest BCUT2D eigenvalue weighted by atomic mass is 16.5. The Labute approximate surface area is 118 Å². The van der Waals surface area contributed by atoms with E-state index in [0.717, 1.165) is 34.3 Å². The molecule has 0 aliphatic carbocycles. The second kappa shape index (κ2) is 6.06. The van der Waals surface area contributed by atoms with Crippen LogP contribution in [0.4, 0.5) is 0 Å². The number of aryl methyl sites for hydroxylation is 2. The van der Waals surface area contributed by atoms with Crippen molar-refractivity contribution < 1.29 is 14.6 Å². The van der Waals surface area contributed by atoms with Crippen LogP contribution in [0.3, 0.4) is 0 Å². The first-order chi connectivity index (χ1) is 9.56. The van der Waals surface area contributed by atoms with Crippen molar-refractivity contribution in [3.8, 4) is 11.5 Å². The molecule has 0 spiro atoms. The van der Waals surface area contributed by atoms with Crippen molar-refractivity contribution in [3.05, 3.63) is 65.2 Å². The minimum absolute atomic E-state index is 0.770. The van der Waals surface area contributed by atoms with E-state index in [-0.39, 0.29) is 0 Å². The summed E-state index contributed by atoms with van der Waals surface area (Å²) < 4.78 is 5.88. The Balaban J connectivity index is 2.22. The van der Waals surface area contributed by atoms with Gasteiger partial charge >= 0.3 is 5.97 Å². The lowest BCUT2D eigenvalue weighted by atomic mass is 10.1. The summed E-state index contributed by atoms with van der Waals surface area (Å²) in [4.78, 5) is 10.5. The molecule has 0 amide bonds. The standard InChI is InChI=1S/C17H16O3/c1-12-5-3-4-6-15(12)20-16-9-7-14(11-13(16)2)8-10-17(18)19/h3-11H,1-2H3,(H,18,19). The van der Waals surface area contributed by atoms with E-state index in [9.17, 15) is 4.79 Å². The summed E-state index contributed by atoms with van der Waals surface area (Å²) in [7, 11) is 0. The number of hydrogen-bond donors (Lipinski definition) is 1. The van der Waals surface area contributed by atoms with Gasteiger partial charge in [-0.15, -0.1) is 0 Å². The van der Waals surface area contributed by atoms with Gasteiger partial charge in [0.05, 0.1) is 0 Å². The van der Waals surface area contributed by atoms with Crippen LogP contribution in [0.5, 0.6) is 11.5 Å². The maximum atomic E-state index is 10.5. The molecule has 2 rings (SSSR count). The monoisotopic (exact) mass is 268 g/mol. The molecule has 3 nitrogen and oxygen atoms in total. The minimum Gasteiger partial charge on any atom is -0.478 e. The number of aliphatic carboxylic acids is 1. The van der Waals surface area contributed by atoms with Gasteiger partial charge in [-0.1, -0.05) is 24.3 Å². The Hall–Kier alpha value is -2.55. The lowest BCUT2D eigenvalue weighted by Crippen LogP contribution is -1.91. The van der Waals surface area contributed by atoms with Gasteiger partial charge in [0.1, 0.15) is 11.5 Å². The van der Waals surface area contributed by atoms with E-state index >= 15 is 0 Å². The van der Waals surface area contributed by atoms with Crippen LogP contribution in [0.25, 0.3) is 6.08 Å². The number of hydrogen-bond acceptors (Lipinski definition) is 2. The molecular weight excluding hydrogens is 252 g/mol. The zero-order valence-corrected chi connectivity index (χ0v) is 11.5. The van der Waals surface area contributed by atoms with Crippen LogP contribution >= 0.6 is 0 Å².